The minimum atomic E-state index is -3.85. The second-order valence-corrected chi connectivity index (χ2v) is 12.2. The van der Waals surface area contributed by atoms with Crippen LogP contribution in [0.25, 0.3) is 10.9 Å². The third-order valence-corrected chi connectivity index (χ3v) is 10.1. The zero-order valence-corrected chi connectivity index (χ0v) is 21.0. The molecular formula is C27H31N3O4S. The van der Waals surface area contributed by atoms with E-state index in [4.69, 9.17) is 4.74 Å². The fourth-order valence-corrected chi connectivity index (χ4v) is 7.98. The molecule has 0 saturated heterocycles. The molecule has 8 heteroatoms. The van der Waals surface area contributed by atoms with Crippen LogP contribution in [0, 0.1) is 18.8 Å². The monoisotopic (exact) mass is 493 g/mol. The second-order valence-electron chi connectivity index (χ2n) is 10.4. The molecule has 7 nitrogen and oxygen atoms in total. The molecule has 3 aliphatic rings. The highest BCUT2D eigenvalue weighted by molar-refractivity contribution is 7.89. The van der Waals surface area contributed by atoms with Gasteiger partial charge in [0.1, 0.15) is 12.4 Å². The molecule has 6 rings (SSSR count). The van der Waals surface area contributed by atoms with Crippen LogP contribution >= 0.6 is 0 Å². The van der Waals surface area contributed by atoms with E-state index >= 15 is 0 Å². The highest BCUT2D eigenvalue weighted by atomic mass is 32.2. The van der Waals surface area contributed by atoms with Crippen molar-refractivity contribution in [2.45, 2.75) is 50.1 Å². The number of ether oxygens (including phenoxy) is 1. The highest BCUT2D eigenvalue weighted by Crippen LogP contribution is 2.48. The van der Waals surface area contributed by atoms with E-state index in [0.29, 0.717) is 29.8 Å². The number of nitrogens with one attached hydrogen (secondary N) is 1. The Balaban J connectivity index is 1.42. The zero-order chi connectivity index (χ0) is 24.3. The van der Waals surface area contributed by atoms with Crippen LogP contribution in [0.2, 0.25) is 0 Å². The molecule has 2 aliphatic carbocycles. The molecule has 1 aromatic heterocycles. The summed E-state index contributed by atoms with van der Waals surface area (Å²) in [6.45, 7) is 3.31. The summed E-state index contributed by atoms with van der Waals surface area (Å²) in [6.07, 6.45) is 4.15. The molecule has 1 aliphatic heterocycles. The fraction of sp³-hybridized carbons (Fsp3) is 0.444. The van der Waals surface area contributed by atoms with Crippen molar-refractivity contribution in [2.75, 3.05) is 25.1 Å². The number of rotatable bonds is 5. The van der Waals surface area contributed by atoms with Gasteiger partial charge in [0.2, 0.25) is 10.0 Å². The number of benzene rings is 2. The minimum absolute atomic E-state index is 0.0628. The van der Waals surface area contributed by atoms with E-state index < -0.39 is 10.0 Å². The van der Waals surface area contributed by atoms with Crippen LogP contribution < -0.4 is 15.2 Å². The second kappa shape index (κ2) is 8.38. The van der Waals surface area contributed by atoms with Crippen molar-refractivity contribution in [3.05, 3.63) is 63.9 Å². The molecule has 2 bridgehead atoms. The van der Waals surface area contributed by atoms with E-state index in [1.165, 1.54) is 6.42 Å². The lowest BCUT2D eigenvalue weighted by molar-refractivity contribution is 0.230. The van der Waals surface area contributed by atoms with Crippen molar-refractivity contribution in [2.24, 2.45) is 11.8 Å². The zero-order valence-electron chi connectivity index (χ0n) is 20.2. The number of sulfonamides is 1. The summed E-state index contributed by atoms with van der Waals surface area (Å²) >= 11 is 0. The third-order valence-electron chi connectivity index (χ3n) is 8.20. The Bertz CT molecular complexity index is 1470. The van der Waals surface area contributed by atoms with Crippen LogP contribution in [-0.4, -0.2) is 43.9 Å². The van der Waals surface area contributed by atoms with E-state index in [2.05, 4.69) is 9.88 Å². The number of aryl methyl sites for hydroxylation is 1. The van der Waals surface area contributed by atoms with Crippen LogP contribution in [-0.2, 0) is 16.6 Å². The first-order chi connectivity index (χ1) is 16.8. The van der Waals surface area contributed by atoms with E-state index in [1.807, 2.05) is 44.3 Å². The molecule has 0 amide bonds. The number of fused-ring (bicyclic) bond motifs is 4. The molecule has 3 atom stereocenters. The Morgan fingerprint density at radius 1 is 1.14 bits per heavy atom. The predicted octanol–water partition coefficient (Wildman–Crippen LogP) is 4.04. The Labute approximate surface area is 205 Å². The average molecular weight is 494 g/mol. The van der Waals surface area contributed by atoms with Gasteiger partial charge in [0.05, 0.1) is 22.6 Å². The number of para-hydroxylation sites is 1. The number of aromatic amines is 1. The summed E-state index contributed by atoms with van der Waals surface area (Å²) in [5, 5.41) is 0.912. The van der Waals surface area contributed by atoms with Crippen LogP contribution in [0.3, 0.4) is 0 Å². The largest absolute Gasteiger partial charge is 0.490 e. The van der Waals surface area contributed by atoms with Gasteiger partial charge in [-0.15, -0.1) is 0 Å². The molecule has 2 saturated carbocycles. The van der Waals surface area contributed by atoms with Gasteiger partial charge < -0.3 is 14.6 Å². The number of hydrogen-bond acceptors (Lipinski definition) is 5. The molecule has 2 aromatic carbocycles. The van der Waals surface area contributed by atoms with Crippen LogP contribution in [0.15, 0.2) is 52.2 Å². The first kappa shape index (κ1) is 22.6. The predicted molar refractivity (Wildman–Crippen MR) is 136 cm³/mol. The first-order valence-electron chi connectivity index (χ1n) is 12.4. The molecule has 3 aromatic rings. The highest BCUT2D eigenvalue weighted by Gasteiger charge is 2.46. The Hall–Kier alpha value is -2.84. The maximum atomic E-state index is 14.1. The van der Waals surface area contributed by atoms with Gasteiger partial charge in [-0.2, -0.15) is 4.31 Å². The quantitative estimate of drug-likeness (QED) is 0.580. The van der Waals surface area contributed by atoms with E-state index in [1.54, 1.807) is 16.4 Å². The minimum Gasteiger partial charge on any atom is -0.490 e. The lowest BCUT2D eigenvalue weighted by Gasteiger charge is -2.34. The third kappa shape index (κ3) is 3.83. The van der Waals surface area contributed by atoms with Crippen LogP contribution in [0.5, 0.6) is 5.75 Å². The van der Waals surface area contributed by atoms with Gasteiger partial charge in [-0.1, -0.05) is 24.6 Å². The summed E-state index contributed by atoms with van der Waals surface area (Å²) in [5.41, 5.74) is 2.92. The molecule has 3 unspecified atom stereocenters. The van der Waals surface area contributed by atoms with Gasteiger partial charge in [0, 0.05) is 31.3 Å². The average Bonchev–Trinajstić information content (AvgIpc) is 3.47. The summed E-state index contributed by atoms with van der Waals surface area (Å²) in [4.78, 5) is 18.4. The van der Waals surface area contributed by atoms with Crippen molar-refractivity contribution >= 4 is 26.6 Å². The lowest BCUT2D eigenvalue weighted by atomic mass is 9.95. The van der Waals surface area contributed by atoms with Crippen molar-refractivity contribution in [3.8, 4) is 5.75 Å². The summed E-state index contributed by atoms with van der Waals surface area (Å²) in [6, 6.07) is 12.8. The molecule has 0 spiro atoms. The number of pyridine rings is 1. The van der Waals surface area contributed by atoms with Crippen molar-refractivity contribution in [1.82, 2.24) is 9.29 Å². The summed E-state index contributed by atoms with van der Waals surface area (Å²) in [5.74, 6) is 1.50. The first-order valence-corrected chi connectivity index (χ1v) is 13.9. The number of H-pyrrole nitrogens is 1. The van der Waals surface area contributed by atoms with Crippen molar-refractivity contribution < 1.29 is 13.2 Å². The molecular weight excluding hydrogens is 462 g/mol. The Kier molecular flexibility index (Phi) is 5.41. The molecule has 2 heterocycles. The van der Waals surface area contributed by atoms with Gasteiger partial charge in [-0.3, -0.25) is 4.79 Å². The maximum Gasteiger partial charge on any atom is 0.252 e. The molecule has 184 valence electrons. The molecule has 0 radical (unpaired) electrons. The van der Waals surface area contributed by atoms with Gasteiger partial charge in [0.25, 0.3) is 5.56 Å². The van der Waals surface area contributed by atoms with Crippen molar-refractivity contribution in [1.29, 1.82) is 0 Å². The van der Waals surface area contributed by atoms with Gasteiger partial charge in [0.15, 0.2) is 0 Å². The normalized spacial score (nSPS) is 23.6. The Morgan fingerprint density at radius 3 is 2.77 bits per heavy atom. The smallest absolute Gasteiger partial charge is 0.252 e. The van der Waals surface area contributed by atoms with Gasteiger partial charge in [-0.05, 0) is 67.2 Å². The topological polar surface area (TPSA) is 82.7 Å². The summed E-state index contributed by atoms with van der Waals surface area (Å²) in [7, 11) is -1.88. The van der Waals surface area contributed by atoms with Crippen molar-refractivity contribution in [3.63, 3.8) is 0 Å². The van der Waals surface area contributed by atoms with E-state index in [-0.39, 0.29) is 23.0 Å². The van der Waals surface area contributed by atoms with Crippen LogP contribution in [0.4, 0.5) is 5.69 Å². The lowest BCUT2D eigenvalue weighted by Crippen LogP contribution is -2.43. The number of hydrogen-bond donors (Lipinski definition) is 1. The standard InChI is InChI=1S/C27H31N3O4S/c1-17-4-3-5-20-14-21(27(31)28-26(17)20)16-30(24-13-18-6-7-19(24)12-18)35(32,33)22-8-9-23-25(15-22)34-11-10-29(23)2/h3-5,8-9,14-15,18-19,24H,6-7,10-13,16H2,1-2H3,(H,28,31). The number of likely N-dealkylation sites (N-methyl/N-ethyl adjacent to an activating group) is 1. The SMILES string of the molecule is Cc1cccc2cc(CN(C3CC4CCC3C4)S(=O)(=O)c3ccc4c(c3)OCCN4C)c(=O)[nH]c12. The Morgan fingerprint density at radius 2 is 2.00 bits per heavy atom. The summed E-state index contributed by atoms with van der Waals surface area (Å²) < 4.78 is 35.7. The van der Waals surface area contributed by atoms with E-state index in [0.717, 1.165) is 48.0 Å². The van der Waals surface area contributed by atoms with Gasteiger partial charge >= 0.3 is 0 Å². The molecule has 2 fully saturated rings. The molecule has 1 N–H and O–H groups in total. The van der Waals surface area contributed by atoms with Gasteiger partial charge in [-0.25, -0.2) is 8.42 Å². The molecule has 35 heavy (non-hydrogen) atoms. The number of nitrogens with zero attached hydrogens (tertiary/aromatic N) is 2. The maximum absolute atomic E-state index is 14.1. The fourth-order valence-electron chi connectivity index (χ4n) is 6.29. The number of anilines is 1. The number of aromatic nitrogens is 1. The van der Waals surface area contributed by atoms with Crippen LogP contribution in [0.1, 0.15) is 36.8 Å². The van der Waals surface area contributed by atoms with E-state index in [9.17, 15) is 13.2 Å².